The number of thiol groups is 1. The van der Waals surface area contributed by atoms with E-state index in [0.717, 1.165) is 11.3 Å². The quantitative estimate of drug-likeness (QED) is 0.697. The zero-order valence-corrected chi connectivity index (χ0v) is 7.89. The number of pyridine rings is 1. The molecule has 0 saturated carbocycles. The number of fused-ring (bicyclic) bond motifs is 1. The van der Waals surface area contributed by atoms with Crippen LogP contribution in [0.5, 0.6) is 0 Å². The topological polar surface area (TPSA) is 17.3 Å². The Morgan fingerprint density at radius 1 is 1.58 bits per heavy atom. The highest BCUT2D eigenvalue weighted by Crippen LogP contribution is 2.17. The summed E-state index contributed by atoms with van der Waals surface area (Å²) in [5.74, 6) is 0.668. The molecule has 0 aliphatic rings. The molecule has 0 N–H and O–H groups in total. The molecule has 0 atom stereocenters. The Kier molecular flexibility index (Phi) is 1.98. The molecule has 2 heterocycles. The zero-order valence-electron chi connectivity index (χ0n) is 6.24. The van der Waals surface area contributed by atoms with E-state index in [0.29, 0.717) is 10.8 Å². The normalized spacial score (nSPS) is 10.8. The molecule has 0 fully saturated rings. The van der Waals surface area contributed by atoms with E-state index in [-0.39, 0.29) is 0 Å². The van der Waals surface area contributed by atoms with Crippen LogP contribution in [-0.4, -0.2) is 9.38 Å². The number of halogens is 1. The van der Waals surface area contributed by atoms with Crippen LogP contribution < -0.4 is 0 Å². The van der Waals surface area contributed by atoms with Gasteiger partial charge in [0.05, 0.1) is 16.9 Å². The van der Waals surface area contributed by atoms with Gasteiger partial charge in [-0.2, -0.15) is 12.6 Å². The van der Waals surface area contributed by atoms with Crippen LogP contribution in [0.4, 0.5) is 0 Å². The third-order valence-corrected chi connectivity index (χ3v) is 2.35. The van der Waals surface area contributed by atoms with E-state index >= 15 is 0 Å². The van der Waals surface area contributed by atoms with Gasteiger partial charge in [-0.05, 0) is 12.1 Å². The number of hydrogen-bond acceptors (Lipinski definition) is 2. The highest BCUT2D eigenvalue weighted by Gasteiger charge is 2.02. The predicted molar refractivity (Wildman–Crippen MR) is 52.9 cm³/mol. The van der Waals surface area contributed by atoms with Crippen molar-refractivity contribution in [2.45, 2.75) is 5.75 Å². The van der Waals surface area contributed by atoms with Gasteiger partial charge in [0.1, 0.15) is 0 Å². The molecule has 4 heteroatoms. The van der Waals surface area contributed by atoms with Crippen LogP contribution >= 0.6 is 24.2 Å². The predicted octanol–water partition coefficient (Wildman–Crippen LogP) is 2.42. The number of rotatable bonds is 1. The van der Waals surface area contributed by atoms with Crippen molar-refractivity contribution in [2.75, 3.05) is 0 Å². The first-order valence-electron chi connectivity index (χ1n) is 3.54. The molecular weight excluding hydrogens is 192 g/mol. The second-order valence-electron chi connectivity index (χ2n) is 2.46. The number of hydrogen-bond donors (Lipinski definition) is 1. The Bertz CT molecular complexity index is 410. The minimum absolute atomic E-state index is 0.668. The average molecular weight is 199 g/mol. The van der Waals surface area contributed by atoms with Crippen molar-refractivity contribution in [3.8, 4) is 0 Å². The maximum atomic E-state index is 5.92. The lowest BCUT2D eigenvalue weighted by atomic mass is 10.4. The minimum atomic E-state index is 0.668. The van der Waals surface area contributed by atoms with Crippen molar-refractivity contribution >= 4 is 29.9 Å². The smallest absolute Gasteiger partial charge is 0.155 e. The van der Waals surface area contributed by atoms with E-state index in [2.05, 4.69) is 17.6 Å². The lowest BCUT2D eigenvalue weighted by molar-refractivity contribution is 1.10. The summed E-state index contributed by atoms with van der Waals surface area (Å²) in [5, 5.41) is 0.672. The van der Waals surface area contributed by atoms with E-state index < -0.39 is 0 Å². The maximum Gasteiger partial charge on any atom is 0.155 e. The molecule has 0 aliphatic carbocycles. The molecule has 0 unspecified atom stereocenters. The molecule has 0 aliphatic heterocycles. The van der Waals surface area contributed by atoms with Gasteiger partial charge in [-0.3, -0.25) is 0 Å². The average Bonchev–Trinajstić information content (AvgIpc) is 2.49. The van der Waals surface area contributed by atoms with Crippen LogP contribution in [0.2, 0.25) is 5.02 Å². The fourth-order valence-corrected chi connectivity index (χ4v) is 1.59. The van der Waals surface area contributed by atoms with Gasteiger partial charge in [-0.25, -0.2) is 4.98 Å². The van der Waals surface area contributed by atoms with E-state index in [9.17, 15) is 0 Å². The molecule has 0 spiro atoms. The van der Waals surface area contributed by atoms with Crippen molar-refractivity contribution in [1.29, 1.82) is 0 Å². The van der Waals surface area contributed by atoms with Gasteiger partial charge in [0.2, 0.25) is 0 Å². The fourth-order valence-electron chi connectivity index (χ4n) is 1.14. The third kappa shape index (κ3) is 1.09. The van der Waals surface area contributed by atoms with Crippen LogP contribution in [0.25, 0.3) is 5.65 Å². The van der Waals surface area contributed by atoms with Gasteiger partial charge in [0, 0.05) is 11.9 Å². The van der Waals surface area contributed by atoms with Crippen molar-refractivity contribution in [3.05, 3.63) is 35.2 Å². The summed E-state index contributed by atoms with van der Waals surface area (Å²) in [6, 6.07) is 3.72. The van der Waals surface area contributed by atoms with E-state index in [1.165, 1.54) is 0 Å². The Morgan fingerprint density at radius 3 is 3.17 bits per heavy atom. The Morgan fingerprint density at radius 2 is 2.42 bits per heavy atom. The SMILES string of the molecule is SCc1cnc2c(Cl)cccn12. The second-order valence-corrected chi connectivity index (χ2v) is 3.18. The second kappa shape index (κ2) is 2.99. The number of aromatic nitrogens is 2. The van der Waals surface area contributed by atoms with E-state index in [1.807, 2.05) is 22.7 Å². The number of imidazole rings is 1. The van der Waals surface area contributed by atoms with E-state index in [4.69, 9.17) is 11.6 Å². The molecule has 0 saturated heterocycles. The minimum Gasteiger partial charge on any atom is -0.302 e. The Hall–Kier alpha value is -0.670. The molecule has 0 amide bonds. The fraction of sp³-hybridized carbons (Fsp3) is 0.125. The summed E-state index contributed by atoms with van der Waals surface area (Å²) in [6.45, 7) is 0. The van der Waals surface area contributed by atoms with Crippen LogP contribution in [0.15, 0.2) is 24.5 Å². The van der Waals surface area contributed by atoms with Crippen LogP contribution in [0.3, 0.4) is 0 Å². The number of nitrogens with zero attached hydrogens (tertiary/aromatic N) is 2. The summed E-state index contributed by atoms with van der Waals surface area (Å²) >= 11 is 10.1. The highest BCUT2D eigenvalue weighted by molar-refractivity contribution is 7.79. The van der Waals surface area contributed by atoms with Crippen molar-refractivity contribution in [1.82, 2.24) is 9.38 Å². The highest BCUT2D eigenvalue weighted by atomic mass is 35.5. The van der Waals surface area contributed by atoms with Gasteiger partial charge in [0.15, 0.2) is 5.65 Å². The zero-order chi connectivity index (χ0) is 8.55. The lowest BCUT2D eigenvalue weighted by Crippen LogP contribution is -1.88. The molecular formula is C8H7ClN2S. The largest absolute Gasteiger partial charge is 0.302 e. The summed E-state index contributed by atoms with van der Waals surface area (Å²) in [6.07, 6.45) is 3.72. The Balaban J connectivity index is 2.80. The van der Waals surface area contributed by atoms with Crippen molar-refractivity contribution in [3.63, 3.8) is 0 Å². The molecule has 2 aromatic rings. The first-order chi connectivity index (χ1) is 5.83. The molecule has 0 bridgehead atoms. The molecule has 2 nitrogen and oxygen atoms in total. The monoisotopic (exact) mass is 198 g/mol. The molecule has 62 valence electrons. The Labute approximate surface area is 80.6 Å². The van der Waals surface area contributed by atoms with Gasteiger partial charge in [-0.1, -0.05) is 11.6 Å². The van der Waals surface area contributed by atoms with Gasteiger partial charge >= 0.3 is 0 Å². The van der Waals surface area contributed by atoms with Crippen LogP contribution in [0, 0.1) is 0 Å². The summed E-state index contributed by atoms with van der Waals surface area (Å²) in [7, 11) is 0. The van der Waals surface area contributed by atoms with Crippen LogP contribution in [-0.2, 0) is 5.75 Å². The van der Waals surface area contributed by atoms with Crippen molar-refractivity contribution < 1.29 is 0 Å². The molecule has 12 heavy (non-hydrogen) atoms. The van der Waals surface area contributed by atoms with E-state index in [1.54, 1.807) is 6.20 Å². The summed E-state index contributed by atoms with van der Waals surface area (Å²) in [5.41, 5.74) is 1.85. The molecule has 0 aromatic carbocycles. The first kappa shape index (κ1) is 7.95. The molecule has 2 rings (SSSR count). The third-order valence-electron chi connectivity index (χ3n) is 1.73. The lowest BCUT2D eigenvalue weighted by Gasteiger charge is -1.97. The van der Waals surface area contributed by atoms with Gasteiger partial charge in [-0.15, -0.1) is 0 Å². The first-order valence-corrected chi connectivity index (χ1v) is 4.55. The maximum absolute atomic E-state index is 5.92. The van der Waals surface area contributed by atoms with Crippen molar-refractivity contribution in [2.24, 2.45) is 0 Å². The summed E-state index contributed by atoms with van der Waals surface area (Å²) in [4.78, 5) is 4.17. The van der Waals surface area contributed by atoms with Gasteiger partial charge in [0.25, 0.3) is 0 Å². The molecule has 2 aromatic heterocycles. The van der Waals surface area contributed by atoms with Gasteiger partial charge < -0.3 is 4.40 Å². The van der Waals surface area contributed by atoms with Crippen LogP contribution in [0.1, 0.15) is 5.69 Å². The summed E-state index contributed by atoms with van der Waals surface area (Å²) < 4.78 is 1.94. The molecule has 0 radical (unpaired) electrons. The standard InChI is InChI=1S/C8H7ClN2S/c9-7-2-1-3-11-6(5-12)4-10-8(7)11/h1-4,12H,5H2.